The number of carbonyl (C=O) groups excluding carboxylic acids is 1. The van der Waals surface area contributed by atoms with Gasteiger partial charge < -0.3 is 10.1 Å². The number of hydrogen-bond donors (Lipinski definition) is 2. The third-order valence-electron chi connectivity index (χ3n) is 4.25. The van der Waals surface area contributed by atoms with Gasteiger partial charge in [0.05, 0.1) is 17.7 Å². The maximum Gasteiger partial charge on any atom is 0.262 e. The molecule has 0 spiro atoms. The maximum atomic E-state index is 12.7. The van der Waals surface area contributed by atoms with E-state index in [1.165, 1.54) is 37.4 Å². The summed E-state index contributed by atoms with van der Waals surface area (Å²) in [7, 11) is -2.45. The van der Waals surface area contributed by atoms with Gasteiger partial charge in [-0.1, -0.05) is 17.7 Å². The highest BCUT2D eigenvalue weighted by atomic mass is 35.5. The molecular weight excluding hydrogens is 426 g/mol. The molecule has 9 heteroatoms. The summed E-state index contributed by atoms with van der Waals surface area (Å²) in [6.07, 6.45) is 4.08. The Labute approximate surface area is 180 Å². The van der Waals surface area contributed by atoms with Gasteiger partial charge in [0.1, 0.15) is 5.75 Å². The number of nitrogens with zero attached hydrogens (tertiary/aromatic N) is 1. The smallest absolute Gasteiger partial charge is 0.262 e. The molecule has 0 unspecified atom stereocenters. The maximum absolute atomic E-state index is 12.7. The Morgan fingerprint density at radius 1 is 1.13 bits per heavy atom. The highest BCUT2D eigenvalue weighted by molar-refractivity contribution is 7.92. The minimum Gasteiger partial charge on any atom is -0.495 e. The fourth-order valence-corrected chi connectivity index (χ4v) is 3.95. The molecule has 0 fully saturated rings. The van der Waals surface area contributed by atoms with Crippen LogP contribution in [0.3, 0.4) is 0 Å². The number of ether oxygens (including phenoxy) is 1. The summed E-state index contributed by atoms with van der Waals surface area (Å²) < 4.78 is 33.0. The fraction of sp³-hybridized carbons (Fsp3) is 0.143. The van der Waals surface area contributed by atoms with Crippen LogP contribution in [0.15, 0.2) is 71.9 Å². The van der Waals surface area contributed by atoms with Crippen LogP contribution in [0.1, 0.15) is 15.9 Å². The lowest BCUT2D eigenvalue weighted by molar-refractivity contribution is 0.0954. The van der Waals surface area contributed by atoms with E-state index in [2.05, 4.69) is 15.0 Å². The van der Waals surface area contributed by atoms with Crippen molar-refractivity contribution in [3.8, 4) is 5.75 Å². The van der Waals surface area contributed by atoms with Crippen molar-refractivity contribution in [3.63, 3.8) is 0 Å². The van der Waals surface area contributed by atoms with Crippen molar-refractivity contribution in [2.45, 2.75) is 11.3 Å². The summed E-state index contributed by atoms with van der Waals surface area (Å²) in [5, 5.41) is 3.17. The van der Waals surface area contributed by atoms with Gasteiger partial charge in [0, 0.05) is 29.5 Å². The molecule has 0 aliphatic heterocycles. The van der Waals surface area contributed by atoms with E-state index in [1.807, 2.05) is 12.1 Å². The summed E-state index contributed by atoms with van der Waals surface area (Å²) in [5.74, 6) is 0.0555. The number of pyridine rings is 1. The normalized spacial score (nSPS) is 11.0. The quantitative estimate of drug-likeness (QED) is 0.553. The number of nitrogens with one attached hydrogen (secondary N) is 2. The molecule has 0 saturated heterocycles. The van der Waals surface area contributed by atoms with Gasteiger partial charge >= 0.3 is 0 Å². The first kappa shape index (κ1) is 21.6. The molecule has 156 valence electrons. The second-order valence-electron chi connectivity index (χ2n) is 6.34. The lowest BCUT2D eigenvalue weighted by atomic mass is 10.2. The third-order valence-corrected chi connectivity index (χ3v) is 5.87. The average molecular weight is 446 g/mol. The fourth-order valence-electron chi connectivity index (χ4n) is 2.72. The highest BCUT2D eigenvalue weighted by Crippen LogP contribution is 2.29. The van der Waals surface area contributed by atoms with E-state index < -0.39 is 10.0 Å². The van der Waals surface area contributed by atoms with E-state index in [-0.39, 0.29) is 16.5 Å². The van der Waals surface area contributed by atoms with Crippen LogP contribution in [-0.2, 0) is 16.4 Å². The van der Waals surface area contributed by atoms with Crippen molar-refractivity contribution in [2.24, 2.45) is 0 Å². The molecule has 7 nitrogen and oxygen atoms in total. The number of carbonyl (C=O) groups is 1. The Hall–Kier alpha value is -3.10. The Bertz CT molecular complexity index is 1120. The number of anilines is 1. The van der Waals surface area contributed by atoms with Crippen LogP contribution in [0, 0.1) is 0 Å². The number of hydrogen-bond acceptors (Lipinski definition) is 5. The minimum absolute atomic E-state index is 0.0106. The second kappa shape index (κ2) is 9.60. The van der Waals surface area contributed by atoms with Crippen LogP contribution in [0.2, 0.25) is 5.02 Å². The topological polar surface area (TPSA) is 97.4 Å². The van der Waals surface area contributed by atoms with E-state index in [0.717, 1.165) is 5.56 Å². The first-order valence-corrected chi connectivity index (χ1v) is 10.9. The zero-order valence-corrected chi connectivity index (χ0v) is 17.7. The molecule has 0 saturated carbocycles. The Morgan fingerprint density at radius 2 is 1.90 bits per heavy atom. The number of amides is 1. The van der Waals surface area contributed by atoms with E-state index in [4.69, 9.17) is 16.3 Å². The van der Waals surface area contributed by atoms with Gasteiger partial charge in [0.25, 0.3) is 15.9 Å². The molecule has 30 heavy (non-hydrogen) atoms. The van der Waals surface area contributed by atoms with Crippen LogP contribution in [0.25, 0.3) is 0 Å². The van der Waals surface area contributed by atoms with Crippen LogP contribution >= 0.6 is 11.6 Å². The molecule has 0 bridgehead atoms. The lowest BCUT2D eigenvalue weighted by Gasteiger charge is -2.12. The Kier molecular flexibility index (Phi) is 6.91. The lowest BCUT2D eigenvalue weighted by Crippen LogP contribution is -2.25. The number of benzene rings is 2. The van der Waals surface area contributed by atoms with Gasteiger partial charge in [-0.05, 0) is 60.5 Å². The number of methoxy groups -OCH3 is 1. The van der Waals surface area contributed by atoms with Gasteiger partial charge in [0.15, 0.2) is 0 Å². The number of aromatic nitrogens is 1. The zero-order chi connectivity index (χ0) is 21.6. The highest BCUT2D eigenvalue weighted by Gasteiger charge is 2.17. The Morgan fingerprint density at radius 3 is 2.57 bits per heavy atom. The van der Waals surface area contributed by atoms with Crippen molar-refractivity contribution in [1.29, 1.82) is 0 Å². The third kappa shape index (κ3) is 5.49. The van der Waals surface area contributed by atoms with E-state index in [0.29, 0.717) is 29.3 Å². The molecule has 0 atom stereocenters. The van der Waals surface area contributed by atoms with Gasteiger partial charge in [0.2, 0.25) is 0 Å². The summed E-state index contributed by atoms with van der Waals surface area (Å²) >= 11 is 5.95. The van der Waals surface area contributed by atoms with Crippen LogP contribution < -0.4 is 14.8 Å². The molecule has 0 aliphatic rings. The van der Waals surface area contributed by atoms with Crippen molar-refractivity contribution < 1.29 is 17.9 Å². The largest absolute Gasteiger partial charge is 0.495 e. The summed E-state index contributed by atoms with van der Waals surface area (Å²) in [6, 6.07) is 14.1. The van der Waals surface area contributed by atoms with Gasteiger partial charge in [-0.3, -0.25) is 14.5 Å². The summed E-state index contributed by atoms with van der Waals surface area (Å²) in [6.45, 7) is 0.445. The standard InChI is InChI=1S/C21H20ClN3O4S/c1-29-20-9-6-17(22)13-19(20)25-30(27,28)18-7-4-16(5-8-18)21(26)24-12-10-15-3-2-11-23-14-15/h2-9,11,13-14,25H,10,12H2,1H3,(H,24,26). The predicted octanol–water partition coefficient (Wildman–Crippen LogP) is 3.52. The monoisotopic (exact) mass is 445 g/mol. The van der Waals surface area contributed by atoms with E-state index in [1.54, 1.807) is 24.5 Å². The van der Waals surface area contributed by atoms with Gasteiger partial charge in [-0.15, -0.1) is 0 Å². The van der Waals surface area contributed by atoms with E-state index >= 15 is 0 Å². The zero-order valence-electron chi connectivity index (χ0n) is 16.1. The van der Waals surface area contributed by atoms with Crippen molar-refractivity contribution in [2.75, 3.05) is 18.4 Å². The molecule has 0 aliphatic carbocycles. The molecule has 3 aromatic rings. The second-order valence-corrected chi connectivity index (χ2v) is 8.46. The summed E-state index contributed by atoms with van der Waals surface area (Å²) in [4.78, 5) is 16.3. The minimum atomic E-state index is -3.89. The molecule has 1 amide bonds. The van der Waals surface area contributed by atoms with Crippen molar-refractivity contribution in [1.82, 2.24) is 10.3 Å². The molecule has 1 heterocycles. The van der Waals surface area contributed by atoms with Crippen LogP contribution in [0.5, 0.6) is 5.75 Å². The van der Waals surface area contributed by atoms with Crippen molar-refractivity contribution in [3.05, 3.63) is 83.1 Å². The molecule has 3 rings (SSSR count). The van der Waals surface area contributed by atoms with Crippen LogP contribution in [-0.4, -0.2) is 33.0 Å². The molecular formula is C21H20ClN3O4S. The predicted molar refractivity (Wildman–Crippen MR) is 116 cm³/mol. The van der Waals surface area contributed by atoms with Gasteiger partial charge in [-0.2, -0.15) is 0 Å². The average Bonchev–Trinajstić information content (AvgIpc) is 2.74. The Balaban J connectivity index is 1.65. The van der Waals surface area contributed by atoms with Crippen molar-refractivity contribution >= 4 is 33.2 Å². The van der Waals surface area contributed by atoms with Gasteiger partial charge in [-0.25, -0.2) is 8.42 Å². The summed E-state index contributed by atoms with van der Waals surface area (Å²) in [5.41, 5.74) is 1.60. The SMILES string of the molecule is COc1ccc(Cl)cc1NS(=O)(=O)c1ccc(C(=O)NCCc2cccnc2)cc1. The first-order chi connectivity index (χ1) is 14.4. The molecule has 0 radical (unpaired) electrons. The van der Waals surface area contributed by atoms with Crippen LogP contribution in [0.4, 0.5) is 5.69 Å². The van der Waals surface area contributed by atoms with E-state index in [9.17, 15) is 13.2 Å². The first-order valence-electron chi connectivity index (χ1n) is 9.02. The number of rotatable bonds is 8. The number of sulfonamides is 1. The molecule has 2 aromatic carbocycles. The number of halogens is 1. The molecule has 2 N–H and O–H groups in total. The molecule has 1 aromatic heterocycles.